The Morgan fingerprint density at radius 2 is 2.42 bits per heavy atom. The average molecular weight is 206 g/mol. The van der Waals surface area contributed by atoms with Crippen LogP contribution in [0.1, 0.15) is 4.88 Å². The molecule has 1 aromatic rings. The van der Waals surface area contributed by atoms with Gasteiger partial charge >= 0.3 is 0 Å². The average Bonchev–Trinajstić information content (AvgIpc) is 2.33. The lowest BCUT2D eigenvalue weighted by atomic mass is 10.2. The van der Waals surface area contributed by atoms with Gasteiger partial charge in [0.25, 0.3) is 0 Å². The Morgan fingerprint density at radius 3 is 2.92 bits per heavy atom. The van der Waals surface area contributed by atoms with Crippen molar-refractivity contribution >= 4 is 22.9 Å². The molecule has 0 radical (unpaired) electrons. The summed E-state index contributed by atoms with van der Waals surface area (Å²) < 4.78 is 12.4. The number of hydrogen-bond donors (Lipinski definition) is 0. The van der Waals surface area contributed by atoms with Crippen molar-refractivity contribution in [3.8, 4) is 0 Å². The van der Waals surface area contributed by atoms with Gasteiger partial charge in [0.05, 0.1) is 5.02 Å². The maximum absolute atomic E-state index is 12.4. The van der Waals surface area contributed by atoms with Gasteiger partial charge in [-0.1, -0.05) is 11.6 Å². The topological polar surface area (TPSA) is 3.24 Å². The van der Waals surface area contributed by atoms with Crippen LogP contribution >= 0.6 is 22.9 Å². The number of rotatable bonds is 2. The van der Waals surface area contributed by atoms with Crippen molar-refractivity contribution in [1.29, 1.82) is 0 Å². The molecule has 2 rings (SSSR count). The Bertz CT molecular complexity index is 270. The largest absolute Gasteiger partial charge is 0.292 e. The number of likely N-dealkylation sites (tertiary alicyclic amines) is 1. The van der Waals surface area contributed by atoms with Crippen LogP contribution in [0.5, 0.6) is 0 Å². The molecule has 0 aromatic carbocycles. The van der Waals surface area contributed by atoms with Gasteiger partial charge in [-0.3, -0.25) is 4.90 Å². The Hall–Kier alpha value is -0.120. The zero-order valence-electron chi connectivity index (χ0n) is 6.46. The monoisotopic (exact) mass is 205 g/mol. The van der Waals surface area contributed by atoms with Crippen LogP contribution in [0.15, 0.2) is 11.4 Å². The molecule has 1 fully saturated rings. The molecule has 0 bridgehead atoms. The maximum Gasteiger partial charge on any atom is 0.125 e. The van der Waals surface area contributed by atoms with Crippen molar-refractivity contribution in [1.82, 2.24) is 4.90 Å². The lowest BCUT2D eigenvalue weighted by Crippen LogP contribution is -2.47. The Kier molecular flexibility index (Phi) is 2.35. The van der Waals surface area contributed by atoms with E-state index in [2.05, 4.69) is 4.90 Å². The van der Waals surface area contributed by atoms with Gasteiger partial charge in [-0.25, -0.2) is 4.39 Å². The first kappa shape index (κ1) is 8.48. The van der Waals surface area contributed by atoms with E-state index >= 15 is 0 Å². The van der Waals surface area contributed by atoms with E-state index in [9.17, 15) is 4.39 Å². The second-order valence-electron chi connectivity index (χ2n) is 3.02. The molecule has 1 saturated heterocycles. The third-order valence-corrected chi connectivity index (χ3v) is 3.18. The van der Waals surface area contributed by atoms with E-state index in [0.717, 1.165) is 11.6 Å². The molecule has 2 heterocycles. The van der Waals surface area contributed by atoms with Crippen molar-refractivity contribution in [2.45, 2.75) is 12.7 Å². The highest BCUT2D eigenvalue weighted by atomic mass is 35.5. The molecule has 1 aliphatic heterocycles. The highest BCUT2D eigenvalue weighted by molar-refractivity contribution is 7.10. The quantitative estimate of drug-likeness (QED) is 0.718. The van der Waals surface area contributed by atoms with Crippen LogP contribution < -0.4 is 0 Å². The Morgan fingerprint density at radius 1 is 1.67 bits per heavy atom. The molecule has 4 heteroatoms. The third kappa shape index (κ3) is 1.79. The van der Waals surface area contributed by atoms with E-state index in [-0.39, 0.29) is 0 Å². The summed E-state index contributed by atoms with van der Waals surface area (Å²) in [6.45, 7) is 2.00. The van der Waals surface area contributed by atoms with E-state index in [1.165, 1.54) is 4.88 Å². The fraction of sp³-hybridized carbons (Fsp3) is 0.500. The third-order valence-electron chi connectivity index (χ3n) is 1.91. The van der Waals surface area contributed by atoms with Crippen LogP contribution in [0.3, 0.4) is 0 Å². The first-order chi connectivity index (χ1) is 5.74. The standard InChI is InChI=1S/C8H9ClFNS/c9-6-1-8(12-5-6)4-11-2-7(10)3-11/h1,5,7H,2-4H2. The summed E-state index contributed by atoms with van der Waals surface area (Å²) in [5, 5.41) is 2.69. The van der Waals surface area contributed by atoms with Gasteiger partial charge in [-0.15, -0.1) is 11.3 Å². The molecule has 1 aromatic heterocycles. The van der Waals surface area contributed by atoms with Crippen LogP contribution in [0.2, 0.25) is 5.02 Å². The molecular weight excluding hydrogens is 197 g/mol. The summed E-state index contributed by atoms with van der Waals surface area (Å²) >= 11 is 7.38. The van der Waals surface area contributed by atoms with Crippen molar-refractivity contribution in [2.24, 2.45) is 0 Å². The van der Waals surface area contributed by atoms with Crippen molar-refractivity contribution in [2.75, 3.05) is 13.1 Å². The molecule has 0 amide bonds. The first-order valence-corrected chi connectivity index (χ1v) is 5.09. The predicted octanol–water partition coefficient (Wildman–Crippen LogP) is 2.56. The summed E-state index contributed by atoms with van der Waals surface area (Å²) in [6, 6.07) is 1.94. The predicted molar refractivity (Wildman–Crippen MR) is 49.5 cm³/mol. The van der Waals surface area contributed by atoms with Gasteiger partial charge in [0.15, 0.2) is 0 Å². The summed E-state index contributed by atoms with van der Waals surface area (Å²) in [5.41, 5.74) is 0. The van der Waals surface area contributed by atoms with Crippen LogP contribution in [0, 0.1) is 0 Å². The molecule has 0 saturated carbocycles. The van der Waals surface area contributed by atoms with Gasteiger partial charge in [-0.2, -0.15) is 0 Å². The minimum absolute atomic E-state index is 0.579. The second-order valence-corrected chi connectivity index (χ2v) is 4.45. The molecular formula is C8H9ClFNS. The van der Waals surface area contributed by atoms with Gasteiger partial charge in [0.1, 0.15) is 6.17 Å². The van der Waals surface area contributed by atoms with Crippen LogP contribution in [0.4, 0.5) is 4.39 Å². The SMILES string of the molecule is FC1CN(Cc2cc(Cl)cs2)C1. The van der Waals surface area contributed by atoms with Gasteiger partial charge in [-0.05, 0) is 6.07 Å². The van der Waals surface area contributed by atoms with Gasteiger partial charge < -0.3 is 0 Å². The number of thiophene rings is 1. The Labute approximate surface area is 79.8 Å². The molecule has 1 aliphatic rings. The minimum atomic E-state index is -0.611. The van der Waals surface area contributed by atoms with E-state index in [1.807, 2.05) is 11.4 Å². The van der Waals surface area contributed by atoms with E-state index in [1.54, 1.807) is 11.3 Å². The number of alkyl halides is 1. The molecule has 0 aliphatic carbocycles. The lowest BCUT2D eigenvalue weighted by molar-refractivity contribution is 0.0600. The van der Waals surface area contributed by atoms with Crippen molar-refractivity contribution < 1.29 is 4.39 Å². The number of nitrogens with zero attached hydrogens (tertiary/aromatic N) is 1. The summed E-state index contributed by atoms with van der Waals surface area (Å²) in [6.07, 6.45) is -0.611. The van der Waals surface area contributed by atoms with Crippen LogP contribution in [0.25, 0.3) is 0 Å². The zero-order chi connectivity index (χ0) is 8.55. The van der Waals surface area contributed by atoms with E-state index < -0.39 is 6.17 Å². The first-order valence-electron chi connectivity index (χ1n) is 3.83. The highest BCUT2D eigenvalue weighted by Crippen LogP contribution is 2.23. The fourth-order valence-electron chi connectivity index (χ4n) is 1.29. The summed E-state index contributed by atoms with van der Waals surface area (Å²) in [7, 11) is 0. The summed E-state index contributed by atoms with van der Waals surface area (Å²) in [5.74, 6) is 0. The molecule has 0 spiro atoms. The summed E-state index contributed by atoms with van der Waals surface area (Å²) in [4.78, 5) is 3.29. The highest BCUT2D eigenvalue weighted by Gasteiger charge is 2.25. The van der Waals surface area contributed by atoms with Gasteiger partial charge in [0.2, 0.25) is 0 Å². The molecule has 66 valence electrons. The van der Waals surface area contributed by atoms with Crippen molar-refractivity contribution in [3.63, 3.8) is 0 Å². The van der Waals surface area contributed by atoms with Crippen molar-refractivity contribution in [3.05, 3.63) is 21.3 Å². The van der Waals surface area contributed by atoms with E-state index in [4.69, 9.17) is 11.6 Å². The smallest absolute Gasteiger partial charge is 0.125 e. The Balaban J connectivity index is 1.88. The molecule has 0 unspecified atom stereocenters. The fourth-order valence-corrected chi connectivity index (χ4v) is 2.41. The molecule has 0 atom stereocenters. The zero-order valence-corrected chi connectivity index (χ0v) is 8.04. The molecule has 0 N–H and O–H groups in total. The molecule has 12 heavy (non-hydrogen) atoms. The van der Waals surface area contributed by atoms with Gasteiger partial charge in [0, 0.05) is 29.9 Å². The second kappa shape index (κ2) is 3.32. The lowest BCUT2D eigenvalue weighted by Gasteiger charge is -2.33. The van der Waals surface area contributed by atoms with Crippen LogP contribution in [-0.2, 0) is 6.54 Å². The minimum Gasteiger partial charge on any atom is -0.292 e. The number of halogens is 2. The maximum atomic E-state index is 12.4. The van der Waals surface area contributed by atoms with E-state index in [0.29, 0.717) is 13.1 Å². The number of hydrogen-bond acceptors (Lipinski definition) is 2. The molecule has 1 nitrogen and oxygen atoms in total. The normalized spacial score (nSPS) is 19.5. The van der Waals surface area contributed by atoms with Crippen LogP contribution in [-0.4, -0.2) is 24.2 Å².